The molecule has 0 bridgehead atoms. The Morgan fingerprint density at radius 3 is 2.24 bits per heavy atom. The predicted octanol–water partition coefficient (Wildman–Crippen LogP) is 1.28. The van der Waals surface area contributed by atoms with Crippen LogP contribution in [0.2, 0.25) is 0 Å². The molecule has 0 heterocycles. The van der Waals surface area contributed by atoms with E-state index in [2.05, 4.69) is 0 Å². The van der Waals surface area contributed by atoms with Crippen LogP contribution in [0.15, 0.2) is 0 Å². The third-order valence-corrected chi connectivity index (χ3v) is 6.11. The van der Waals surface area contributed by atoms with Crippen molar-refractivity contribution in [1.82, 2.24) is 4.72 Å². The summed E-state index contributed by atoms with van der Waals surface area (Å²) in [6.45, 7) is 2.92. The van der Waals surface area contributed by atoms with Gasteiger partial charge in [-0.15, -0.1) is 0 Å². The molecule has 4 nitrogen and oxygen atoms in total. The van der Waals surface area contributed by atoms with Crippen molar-refractivity contribution in [3.8, 4) is 0 Å². The molecule has 7 heteroatoms. The molecule has 17 heavy (non-hydrogen) atoms. The number of halogens is 2. The predicted molar refractivity (Wildman–Crippen MR) is 56.9 cm³/mol. The van der Waals surface area contributed by atoms with Gasteiger partial charge in [0.15, 0.2) is 0 Å². The topological polar surface area (TPSA) is 63.2 Å². The van der Waals surface area contributed by atoms with E-state index >= 15 is 0 Å². The molecular weight excluding hydrogens is 252 g/mol. The summed E-state index contributed by atoms with van der Waals surface area (Å²) in [4.78, 5) is 11.7. The summed E-state index contributed by atoms with van der Waals surface area (Å²) in [5.74, 6) is -1.82. The molecule has 0 spiro atoms. The minimum Gasteiger partial charge on any atom is -0.273 e. The highest BCUT2D eigenvalue weighted by molar-refractivity contribution is 7.91. The average Bonchev–Trinajstić information content (AvgIpc) is 3.04. The summed E-state index contributed by atoms with van der Waals surface area (Å²) in [6, 6.07) is 0. The molecule has 0 aromatic carbocycles. The van der Waals surface area contributed by atoms with Gasteiger partial charge in [-0.3, -0.25) is 9.52 Å². The van der Waals surface area contributed by atoms with Crippen LogP contribution in [0.5, 0.6) is 0 Å². The largest absolute Gasteiger partial charge is 0.273 e. The van der Waals surface area contributed by atoms with Crippen LogP contribution in [0.3, 0.4) is 0 Å². The highest BCUT2D eigenvalue weighted by Gasteiger charge is 2.62. The van der Waals surface area contributed by atoms with E-state index in [0.29, 0.717) is 12.8 Å². The number of carbonyl (C=O) groups excluding carboxylic acids is 1. The summed E-state index contributed by atoms with van der Waals surface area (Å²) in [5.41, 5.74) is -1.23. The summed E-state index contributed by atoms with van der Waals surface area (Å²) in [6.07, 6.45) is -1.53. The second-order valence-corrected chi connectivity index (χ2v) is 7.64. The summed E-state index contributed by atoms with van der Waals surface area (Å²) in [5, 5.41) is 0. The molecule has 2 saturated carbocycles. The molecule has 0 unspecified atom stereocenters. The number of hydrogen-bond acceptors (Lipinski definition) is 3. The van der Waals surface area contributed by atoms with Crippen LogP contribution in [0.25, 0.3) is 0 Å². The van der Waals surface area contributed by atoms with E-state index in [9.17, 15) is 22.0 Å². The normalized spacial score (nSPS) is 34.5. The molecule has 0 radical (unpaired) electrons. The quantitative estimate of drug-likeness (QED) is 0.834. The van der Waals surface area contributed by atoms with Crippen LogP contribution in [0, 0.1) is 11.3 Å². The fraction of sp³-hybridized carbons (Fsp3) is 0.900. The van der Waals surface area contributed by atoms with Crippen molar-refractivity contribution >= 4 is 15.9 Å². The van der Waals surface area contributed by atoms with Gasteiger partial charge in [0.2, 0.25) is 22.4 Å². The number of nitrogens with one attached hydrogen (secondary N) is 1. The average molecular weight is 267 g/mol. The van der Waals surface area contributed by atoms with Crippen LogP contribution in [0.1, 0.15) is 33.1 Å². The van der Waals surface area contributed by atoms with Gasteiger partial charge in [-0.05, 0) is 26.2 Å². The van der Waals surface area contributed by atoms with Gasteiger partial charge in [0.1, 0.15) is 0 Å². The van der Waals surface area contributed by atoms with Gasteiger partial charge < -0.3 is 0 Å². The van der Waals surface area contributed by atoms with Crippen molar-refractivity contribution in [2.75, 3.05) is 0 Å². The first kappa shape index (κ1) is 12.7. The molecule has 2 aliphatic carbocycles. The third-order valence-electron chi connectivity index (χ3n) is 3.96. The van der Waals surface area contributed by atoms with E-state index in [1.54, 1.807) is 6.92 Å². The Balaban J connectivity index is 2.04. The second-order valence-electron chi connectivity index (χ2n) is 5.45. The number of sulfonamides is 1. The van der Waals surface area contributed by atoms with Crippen molar-refractivity contribution in [2.45, 2.75) is 44.3 Å². The SMILES string of the molecule is CC1(S(=O)(=O)NC(=O)[C@@]2(C)C[C@H]2C(F)F)CC1. The maximum atomic E-state index is 12.4. The van der Waals surface area contributed by atoms with Crippen LogP contribution >= 0.6 is 0 Å². The minimum absolute atomic E-state index is 0.0444. The fourth-order valence-electron chi connectivity index (χ4n) is 1.83. The molecule has 0 saturated heterocycles. The Bertz CT molecular complexity index is 458. The highest BCUT2D eigenvalue weighted by Crippen LogP contribution is 2.56. The van der Waals surface area contributed by atoms with Crippen LogP contribution in [-0.4, -0.2) is 25.5 Å². The molecule has 0 aliphatic heterocycles. The summed E-state index contributed by atoms with van der Waals surface area (Å²) < 4.78 is 49.4. The van der Waals surface area contributed by atoms with E-state index in [0.717, 1.165) is 0 Å². The highest BCUT2D eigenvalue weighted by atomic mass is 32.2. The molecule has 2 aliphatic rings. The van der Waals surface area contributed by atoms with Crippen molar-refractivity contribution in [1.29, 1.82) is 0 Å². The Morgan fingerprint density at radius 2 is 1.88 bits per heavy atom. The first-order valence-electron chi connectivity index (χ1n) is 5.47. The summed E-state index contributed by atoms with van der Waals surface area (Å²) >= 11 is 0. The smallest absolute Gasteiger partial charge is 0.242 e. The standard InChI is InChI=1S/C10H15F2NO3S/c1-9(3-4-9)17(15,16)13-8(14)10(2)5-6(10)7(11)12/h6-7H,3-5H2,1-2H3,(H,13,14)/t6-,10-/m0/s1. The summed E-state index contributed by atoms with van der Waals surface area (Å²) in [7, 11) is -3.72. The molecule has 1 amide bonds. The van der Waals surface area contributed by atoms with Gasteiger partial charge in [-0.1, -0.05) is 6.92 Å². The molecule has 0 aromatic rings. The minimum atomic E-state index is -3.72. The van der Waals surface area contributed by atoms with E-state index < -0.39 is 38.4 Å². The molecule has 1 N–H and O–H groups in total. The molecule has 2 fully saturated rings. The fourth-order valence-corrected chi connectivity index (χ4v) is 3.20. The lowest BCUT2D eigenvalue weighted by atomic mass is 10.1. The Kier molecular flexibility index (Phi) is 2.54. The number of alkyl halides is 2. The van der Waals surface area contributed by atoms with Gasteiger partial charge in [-0.25, -0.2) is 17.2 Å². The zero-order valence-electron chi connectivity index (χ0n) is 9.66. The molecule has 98 valence electrons. The number of hydrogen-bond donors (Lipinski definition) is 1. The third kappa shape index (κ3) is 1.94. The van der Waals surface area contributed by atoms with E-state index in [-0.39, 0.29) is 6.42 Å². The molecule has 0 aromatic heterocycles. The number of carbonyl (C=O) groups is 1. The first-order chi connectivity index (χ1) is 7.62. The van der Waals surface area contributed by atoms with Gasteiger partial charge in [0.25, 0.3) is 0 Å². The van der Waals surface area contributed by atoms with Crippen molar-refractivity contribution in [3.63, 3.8) is 0 Å². The molecule has 2 rings (SSSR count). The van der Waals surface area contributed by atoms with Crippen molar-refractivity contribution in [2.24, 2.45) is 11.3 Å². The van der Waals surface area contributed by atoms with Gasteiger partial charge in [0, 0.05) is 5.92 Å². The maximum absolute atomic E-state index is 12.4. The number of amides is 1. The van der Waals surface area contributed by atoms with E-state index in [1.165, 1.54) is 6.92 Å². The van der Waals surface area contributed by atoms with Gasteiger partial charge in [-0.2, -0.15) is 0 Å². The number of rotatable bonds is 4. The monoisotopic (exact) mass is 267 g/mol. The van der Waals surface area contributed by atoms with Crippen LogP contribution < -0.4 is 4.72 Å². The maximum Gasteiger partial charge on any atom is 0.242 e. The van der Waals surface area contributed by atoms with E-state index in [1.807, 2.05) is 4.72 Å². The Morgan fingerprint density at radius 1 is 1.35 bits per heavy atom. The van der Waals surface area contributed by atoms with Crippen molar-refractivity contribution < 1.29 is 22.0 Å². The zero-order chi connectivity index (χ0) is 13.1. The Hall–Kier alpha value is -0.720. The zero-order valence-corrected chi connectivity index (χ0v) is 10.5. The lowest BCUT2D eigenvalue weighted by Gasteiger charge is -2.15. The molecular formula is C10H15F2NO3S. The second kappa shape index (κ2) is 3.40. The Labute approximate surface area is 98.8 Å². The van der Waals surface area contributed by atoms with Gasteiger partial charge >= 0.3 is 0 Å². The lowest BCUT2D eigenvalue weighted by molar-refractivity contribution is -0.125. The molecule has 2 atom stereocenters. The lowest BCUT2D eigenvalue weighted by Crippen LogP contribution is -2.42. The van der Waals surface area contributed by atoms with Crippen LogP contribution in [0.4, 0.5) is 8.78 Å². The van der Waals surface area contributed by atoms with Crippen molar-refractivity contribution in [3.05, 3.63) is 0 Å². The van der Waals surface area contributed by atoms with Gasteiger partial charge in [0.05, 0.1) is 10.2 Å². The van der Waals surface area contributed by atoms with Crippen LogP contribution in [-0.2, 0) is 14.8 Å². The first-order valence-corrected chi connectivity index (χ1v) is 6.96. The van der Waals surface area contributed by atoms with E-state index in [4.69, 9.17) is 0 Å².